The van der Waals surface area contributed by atoms with Gasteiger partial charge in [-0.25, -0.2) is 9.48 Å². The lowest BCUT2D eigenvalue weighted by atomic mass is 9.95. The van der Waals surface area contributed by atoms with Crippen molar-refractivity contribution in [2.75, 3.05) is 24.3 Å². The molecule has 2 heterocycles. The molecule has 1 aliphatic rings. The van der Waals surface area contributed by atoms with Crippen LogP contribution in [0.5, 0.6) is 11.5 Å². The Hall–Kier alpha value is -3.46. The number of fused-ring (bicyclic) bond motifs is 1. The molecule has 0 radical (unpaired) electrons. The molecule has 1 atom stereocenters. The largest absolute Gasteiger partial charge is 0.490 e. The summed E-state index contributed by atoms with van der Waals surface area (Å²) in [7, 11) is 0. The third-order valence-corrected chi connectivity index (χ3v) is 7.08. The number of nitrogens with one attached hydrogen (secondary N) is 1. The second-order valence-corrected chi connectivity index (χ2v) is 10.0. The molecule has 1 aliphatic heterocycles. The molecule has 1 aromatic heterocycles. The predicted octanol–water partition coefficient (Wildman–Crippen LogP) is 6.39. The van der Waals surface area contributed by atoms with E-state index in [2.05, 4.69) is 24.1 Å². The fourth-order valence-electron chi connectivity index (χ4n) is 4.16. The van der Waals surface area contributed by atoms with Gasteiger partial charge in [0.05, 0.1) is 18.8 Å². The number of nitrogens with zero attached hydrogens (tertiary/aromatic N) is 3. The quantitative estimate of drug-likeness (QED) is 0.153. The molecule has 0 spiro atoms. The zero-order valence-corrected chi connectivity index (χ0v) is 23.3. The molecule has 9 heteroatoms. The summed E-state index contributed by atoms with van der Waals surface area (Å²) in [6.45, 7) is 9.27. The highest BCUT2D eigenvalue weighted by Gasteiger charge is 2.35. The van der Waals surface area contributed by atoms with Crippen molar-refractivity contribution < 1.29 is 19.0 Å². The van der Waals surface area contributed by atoms with Crippen molar-refractivity contribution in [1.82, 2.24) is 14.8 Å². The Balaban J connectivity index is 1.71. The molecule has 0 saturated heterocycles. The van der Waals surface area contributed by atoms with Crippen molar-refractivity contribution in [3.05, 3.63) is 70.9 Å². The maximum absolute atomic E-state index is 13.3. The average molecular weight is 537 g/mol. The summed E-state index contributed by atoms with van der Waals surface area (Å²) >= 11 is 1.59. The van der Waals surface area contributed by atoms with Crippen LogP contribution < -0.4 is 14.8 Å². The molecule has 1 unspecified atom stereocenters. The molecule has 202 valence electrons. The number of esters is 1. The summed E-state index contributed by atoms with van der Waals surface area (Å²) in [4.78, 5) is 18.0. The predicted molar refractivity (Wildman–Crippen MR) is 150 cm³/mol. The molecule has 0 bridgehead atoms. The first-order valence-electron chi connectivity index (χ1n) is 13.2. The molecule has 1 N–H and O–H groups in total. The van der Waals surface area contributed by atoms with Gasteiger partial charge in [-0.1, -0.05) is 68.4 Å². The molecule has 8 nitrogen and oxygen atoms in total. The van der Waals surface area contributed by atoms with Crippen LogP contribution >= 0.6 is 11.8 Å². The Morgan fingerprint density at radius 1 is 1.05 bits per heavy atom. The molecule has 0 amide bonds. The first-order chi connectivity index (χ1) is 18.5. The van der Waals surface area contributed by atoms with Gasteiger partial charge in [-0.2, -0.15) is 4.98 Å². The van der Waals surface area contributed by atoms with E-state index in [9.17, 15) is 4.79 Å². The SMILES string of the molecule is CCCCOC(=O)C1=C(C)Nc2nc(SCCC)nn2C1c1ccc(OCc2ccccc2)c(OCC)c1. The zero-order valence-electron chi connectivity index (χ0n) is 22.5. The van der Waals surface area contributed by atoms with E-state index in [4.69, 9.17) is 19.3 Å². The van der Waals surface area contributed by atoms with Gasteiger partial charge < -0.3 is 19.5 Å². The summed E-state index contributed by atoms with van der Waals surface area (Å²) in [6.07, 6.45) is 2.77. The zero-order chi connectivity index (χ0) is 26.9. The molecular formula is C29H36N4O4S. The molecular weight excluding hydrogens is 500 g/mol. The fourth-order valence-corrected chi connectivity index (χ4v) is 4.85. The molecule has 3 aromatic rings. The Kier molecular flexibility index (Phi) is 9.70. The topological polar surface area (TPSA) is 87.5 Å². The van der Waals surface area contributed by atoms with Crippen molar-refractivity contribution in [1.29, 1.82) is 0 Å². The number of unbranched alkanes of at least 4 members (excludes halogenated alkanes) is 1. The van der Waals surface area contributed by atoms with E-state index in [0.29, 0.717) is 53.7 Å². The van der Waals surface area contributed by atoms with Gasteiger partial charge in [-0.05, 0) is 49.9 Å². The van der Waals surface area contributed by atoms with Crippen molar-refractivity contribution in [2.45, 2.75) is 64.8 Å². The van der Waals surface area contributed by atoms with E-state index in [0.717, 1.165) is 36.1 Å². The number of aromatic nitrogens is 3. The van der Waals surface area contributed by atoms with E-state index in [-0.39, 0.29) is 5.97 Å². The number of rotatable bonds is 13. The van der Waals surface area contributed by atoms with Crippen LogP contribution in [0.25, 0.3) is 0 Å². The Morgan fingerprint density at radius 2 is 1.87 bits per heavy atom. The summed E-state index contributed by atoms with van der Waals surface area (Å²) in [6, 6.07) is 15.3. The van der Waals surface area contributed by atoms with Crippen molar-refractivity contribution in [3.63, 3.8) is 0 Å². The number of benzene rings is 2. The van der Waals surface area contributed by atoms with E-state index in [1.165, 1.54) is 0 Å². The monoisotopic (exact) mass is 536 g/mol. The van der Waals surface area contributed by atoms with Crippen LogP contribution in [0.2, 0.25) is 0 Å². The van der Waals surface area contributed by atoms with Gasteiger partial charge in [0.1, 0.15) is 12.6 Å². The third-order valence-electron chi connectivity index (χ3n) is 6.04. The van der Waals surface area contributed by atoms with Crippen molar-refractivity contribution in [3.8, 4) is 11.5 Å². The van der Waals surface area contributed by atoms with Crippen LogP contribution in [0.4, 0.5) is 5.95 Å². The van der Waals surface area contributed by atoms with E-state index in [1.807, 2.05) is 62.4 Å². The van der Waals surface area contributed by atoms with Gasteiger partial charge in [-0.15, -0.1) is 5.10 Å². The van der Waals surface area contributed by atoms with E-state index < -0.39 is 6.04 Å². The average Bonchev–Trinajstić information content (AvgIpc) is 3.33. The number of ether oxygens (including phenoxy) is 3. The number of carbonyl (C=O) groups excluding carboxylic acids is 1. The highest BCUT2D eigenvalue weighted by Crippen LogP contribution is 2.40. The Bertz CT molecular complexity index is 1260. The van der Waals surface area contributed by atoms with Gasteiger partial charge in [0.2, 0.25) is 11.1 Å². The lowest BCUT2D eigenvalue weighted by Gasteiger charge is -2.28. The minimum atomic E-state index is -0.522. The van der Waals surface area contributed by atoms with Crippen LogP contribution in [-0.4, -0.2) is 39.7 Å². The second-order valence-electron chi connectivity index (χ2n) is 8.98. The normalized spacial score (nSPS) is 14.6. The molecule has 0 fully saturated rings. The van der Waals surface area contributed by atoms with E-state index in [1.54, 1.807) is 16.4 Å². The number of hydrogen-bond acceptors (Lipinski definition) is 8. The van der Waals surface area contributed by atoms with Crippen molar-refractivity contribution in [2.24, 2.45) is 0 Å². The number of carbonyl (C=O) groups is 1. The number of anilines is 1. The minimum Gasteiger partial charge on any atom is -0.490 e. The van der Waals surface area contributed by atoms with Crippen LogP contribution in [0, 0.1) is 0 Å². The number of thioether (sulfide) groups is 1. The summed E-state index contributed by atoms with van der Waals surface area (Å²) in [5.74, 6) is 2.39. The maximum Gasteiger partial charge on any atom is 0.338 e. The Morgan fingerprint density at radius 3 is 2.61 bits per heavy atom. The van der Waals surface area contributed by atoms with Gasteiger partial charge in [0, 0.05) is 11.4 Å². The van der Waals surface area contributed by atoms with Gasteiger partial charge in [-0.3, -0.25) is 0 Å². The lowest BCUT2D eigenvalue weighted by Crippen LogP contribution is -2.30. The third kappa shape index (κ3) is 6.51. The number of allylic oxidation sites excluding steroid dienone is 1. The first-order valence-corrected chi connectivity index (χ1v) is 14.2. The number of hydrogen-bond donors (Lipinski definition) is 1. The van der Waals surface area contributed by atoms with Gasteiger partial charge >= 0.3 is 5.97 Å². The molecule has 0 aliphatic carbocycles. The van der Waals surface area contributed by atoms with Gasteiger partial charge in [0.25, 0.3) is 0 Å². The highest BCUT2D eigenvalue weighted by molar-refractivity contribution is 7.99. The molecule has 38 heavy (non-hydrogen) atoms. The van der Waals surface area contributed by atoms with Crippen LogP contribution in [0.1, 0.15) is 64.1 Å². The summed E-state index contributed by atoms with van der Waals surface area (Å²) in [5, 5.41) is 8.71. The van der Waals surface area contributed by atoms with Gasteiger partial charge in [0.15, 0.2) is 11.5 Å². The van der Waals surface area contributed by atoms with E-state index >= 15 is 0 Å². The van der Waals surface area contributed by atoms with Crippen molar-refractivity contribution >= 4 is 23.7 Å². The van der Waals surface area contributed by atoms with Crippen LogP contribution in [0.15, 0.2) is 65.0 Å². The highest BCUT2D eigenvalue weighted by atomic mass is 32.2. The molecule has 0 saturated carbocycles. The second kappa shape index (κ2) is 13.4. The fraction of sp³-hybridized carbons (Fsp3) is 0.414. The minimum absolute atomic E-state index is 0.361. The molecule has 4 rings (SSSR count). The lowest BCUT2D eigenvalue weighted by molar-refractivity contribution is -0.139. The standard InChI is InChI=1S/C29H36N4O4S/c1-5-8-16-36-27(34)25-20(4)30-28-31-29(38-17-6-2)32-33(28)26(25)22-14-15-23(24(18-22)35-7-3)37-19-21-12-10-9-11-13-21/h9-15,18,26H,5-8,16-17,19H2,1-4H3,(H,30,31,32). The first kappa shape index (κ1) is 27.6. The maximum atomic E-state index is 13.3. The summed E-state index contributed by atoms with van der Waals surface area (Å²) in [5.41, 5.74) is 3.11. The van der Waals surface area contributed by atoms with Crippen LogP contribution in [-0.2, 0) is 16.1 Å². The Labute approximate surface area is 228 Å². The smallest absolute Gasteiger partial charge is 0.338 e. The van der Waals surface area contributed by atoms with Crippen LogP contribution in [0.3, 0.4) is 0 Å². The summed E-state index contributed by atoms with van der Waals surface area (Å²) < 4.78 is 19.5. The molecule has 2 aromatic carbocycles.